The van der Waals surface area contributed by atoms with E-state index >= 15 is 0 Å². The Bertz CT molecular complexity index is 433. The van der Waals surface area contributed by atoms with Crippen LogP contribution in [0.25, 0.3) is 0 Å². The van der Waals surface area contributed by atoms with Crippen LogP contribution in [0.1, 0.15) is 33.1 Å². The van der Waals surface area contributed by atoms with Crippen molar-refractivity contribution >= 4 is 17.8 Å². The first-order chi connectivity index (χ1) is 10.1. The first kappa shape index (κ1) is 15.8. The van der Waals surface area contributed by atoms with E-state index in [1.54, 1.807) is 0 Å². The van der Waals surface area contributed by atoms with Crippen LogP contribution >= 0.6 is 0 Å². The van der Waals surface area contributed by atoms with Crippen molar-refractivity contribution in [2.24, 2.45) is 5.92 Å². The summed E-state index contributed by atoms with van der Waals surface area (Å²) in [5.41, 5.74) is 5.76. The average Bonchev–Trinajstić information content (AvgIpc) is 2.96. The molecule has 0 amide bonds. The number of aromatic nitrogens is 3. The summed E-state index contributed by atoms with van der Waals surface area (Å²) < 4.78 is 5.54. The van der Waals surface area contributed by atoms with Gasteiger partial charge in [-0.15, -0.1) is 0 Å². The number of nitrogens with one attached hydrogen (secondary N) is 1. The zero-order chi connectivity index (χ0) is 15.1. The Morgan fingerprint density at radius 1 is 1.24 bits per heavy atom. The normalized spacial score (nSPS) is 14.9. The fourth-order valence-corrected chi connectivity index (χ4v) is 2.21. The summed E-state index contributed by atoms with van der Waals surface area (Å²) >= 11 is 0. The van der Waals surface area contributed by atoms with E-state index in [9.17, 15) is 0 Å². The molecule has 0 saturated carbocycles. The van der Waals surface area contributed by atoms with Gasteiger partial charge < -0.3 is 20.7 Å². The van der Waals surface area contributed by atoms with Gasteiger partial charge in [0.15, 0.2) is 0 Å². The van der Waals surface area contributed by atoms with Gasteiger partial charge in [-0.05, 0) is 25.2 Å². The molecule has 0 spiro atoms. The van der Waals surface area contributed by atoms with Crippen molar-refractivity contribution in [3.05, 3.63) is 0 Å². The number of ether oxygens (including phenoxy) is 1. The standard InChI is InChI=1S/C14H26N6O/c1-11(2)10-21-9-5-6-16-13-17-12(15)18-14(19-13)20-7-3-4-8-20/h11H,3-10H2,1-2H3,(H3,15,16,17,18,19). The second-order valence-electron chi connectivity index (χ2n) is 5.76. The topological polar surface area (TPSA) is 89.2 Å². The highest BCUT2D eigenvalue weighted by Gasteiger charge is 2.16. The molecule has 21 heavy (non-hydrogen) atoms. The van der Waals surface area contributed by atoms with E-state index in [2.05, 4.69) is 39.0 Å². The van der Waals surface area contributed by atoms with Crippen molar-refractivity contribution in [2.45, 2.75) is 33.1 Å². The van der Waals surface area contributed by atoms with Gasteiger partial charge in [0.05, 0.1) is 0 Å². The van der Waals surface area contributed by atoms with Gasteiger partial charge in [0.25, 0.3) is 0 Å². The summed E-state index contributed by atoms with van der Waals surface area (Å²) in [4.78, 5) is 14.9. The molecule has 1 fully saturated rings. The first-order valence-electron chi connectivity index (χ1n) is 7.73. The molecule has 0 bridgehead atoms. The molecule has 1 aromatic heterocycles. The smallest absolute Gasteiger partial charge is 0.231 e. The van der Waals surface area contributed by atoms with Gasteiger partial charge in [-0.25, -0.2) is 0 Å². The van der Waals surface area contributed by atoms with Crippen LogP contribution in [0.4, 0.5) is 17.8 Å². The van der Waals surface area contributed by atoms with Crippen molar-refractivity contribution < 1.29 is 4.74 Å². The molecular formula is C14H26N6O. The number of nitrogens with two attached hydrogens (primary N) is 1. The van der Waals surface area contributed by atoms with Crippen LogP contribution < -0.4 is 16.0 Å². The van der Waals surface area contributed by atoms with Crippen LogP contribution in [0.5, 0.6) is 0 Å². The van der Waals surface area contributed by atoms with Crippen LogP contribution in [0, 0.1) is 5.92 Å². The largest absolute Gasteiger partial charge is 0.381 e. The second kappa shape index (κ2) is 7.97. The van der Waals surface area contributed by atoms with Crippen LogP contribution in [-0.2, 0) is 4.74 Å². The average molecular weight is 294 g/mol. The van der Waals surface area contributed by atoms with Crippen LogP contribution in [0.15, 0.2) is 0 Å². The van der Waals surface area contributed by atoms with Crippen LogP contribution in [-0.4, -0.2) is 47.8 Å². The van der Waals surface area contributed by atoms with Crippen molar-refractivity contribution in [3.63, 3.8) is 0 Å². The fraction of sp³-hybridized carbons (Fsp3) is 0.786. The minimum absolute atomic E-state index is 0.269. The maximum Gasteiger partial charge on any atom is 0.231 e. The van der Waals surface area contributed by atoms with Gasteiger partial charge in [-0.3, -0.25) is 0 Å². The molecule has 1 aliphatic rings. The van der Waals surface area contributed by atoms with E-state index in [0.717, 1.165) is 39.3 Å². The van der Waals surface area contributed by atoms with Gasteiger partial charge in [-0.2, -0.15) is 15.0 Å². The highest BCUT2D eigenvalue weighted by molar-refractivity contribution is 5.42. The number of nitrogen functional groups attached to an aromatic ring is 1. The van der Waals surface area contributed by atoms with E-state index in [-0.39, 0.29) is 5.95 Å². The van der Waals surface area contributed by atoms with E-state index in [4.69, 9.17) is 10.5 Å². The Hall–Kier alpha value is -1.63. The van der Waals surface area contributed by atoms with E-state index < -0.39 is 0 Å². The molecule has 0 radical (unpaired) electrons. The summed E-state index contributed by atoms with van der Waals surface area (Å²) in [6, 6.07) is 0. The fourth-order valence-electron chi connectivity index (χ4n) is 2.21. The molecule has 2 rings (SSSR count). The first-order valence-corrected chi connectivity index (χ1v) is 7.73. The third-order valence-electron chi connectivity index (χ3n) is 3.23. The summed E-state index contributed by atoms with van der Waals surface area (Å²) in [5.74, 6) is 2.07. The summed E-state index contributed by atoms with van der Waals surface area (Å²) in [7, 11) is 0. The third-order valence-corrected chi connectivity index (χ3v) is 3.23. The lowest BCUT2D eigenvalue weighted by Crippen LogP contribution is -2.22. The van der Waals surface area contributed by atoms with Gasteiger partial charge in [-0.1, -0.05) is 13.8 Å². The quantitative estimate of drug-likeness (QED) is 0.703. The Morgan fingerprint density at radius 3 is 2.71 bits per heavy atom. The molecule has 3 N–H and O–H groups in total. The lowest BCUT2D eigenvalue weighted by molar-refractivity contribution is 0.110. The minimum atomic E-state index is 0.269. The molecule has 0 unspecified atom stereocenters. The molecule has 0 aliphatic carbocycles. The van der Waals surface area contributed by atoms with Gasteiger partial charge in [0, 0.05) is 32.8 Å². The zero-order valence-corrected chi connectivity index (χ0v) is 13.0. The van der Waals surface area contributed by atoms with E-state index in [0.29, 0.717) is 17.8 Å². The lowest BCUT2D eigenvalue weighted by Gasteiger charge is -2.16. The van der Waals surface area contributed by atoms with Crippen molar-refractivity contribution in [1.82, 2.24) is 15.0 Å². The minimum Gasteiger partial charge on any atom is -0.381 e. The van der Waals surface area contributed by atoms with Crippen molar-refractivity contribution in [2.75, 3.05) is 48.8 Å². The van der Waals surface area contributed by atoms with Gasteiger partial charge in [0.1, 0.15) is 0 Å². The van der Waals surface area contributed by atoms with Gasteiger partial charge >= 0.3 is 0 Å². The number of hydrogen-bond donors (Lipinski definition) is 2. The summed E-state index contributed by atoms with van der Waals surface area (Å²) in [6.07, 6.45) is 3.28. The Balaban J connectivity index is 1.77. The molecule has 7 nitrogen and oxygen atoms in total. The van der Waals surface area contributed by atoms with Crippen LogP contribution in [0.2, 0.25) is 0 Å². The Morgan fingerprint density at radius 2 is 2.00 bits per heavy atom. The van der Waals surface area contributed by atoms with Crippen LogP contribution in [0.3, 0.4) is 0 Å². The molecule has 118 valence electrons. The van der Waals surface area contributed by atoms with E-state index in [1.807, 2.05) is 0 Å². The Kier molecular flexibility index (Phi) is 5.98. The molecule has 1 saturated heterocycles. The summed E-state index contributed by atoms with van der Waals surface area (Å²) in [5, 5.41) is 3.19. The lowest BCUT2D eigenvalue weighted by atomic mass is 10.2. The molecule has 0 atom stereocenters. The maximum atomic E-state index is 5.76. The summed E-state index contributed by atoms with van der Waals surface area (Å²) in [6.45, 7) is 8.58. The zero-order valence-electron chi connectivity index (χ0n) is 13.0. The molecule has 1 aromatic rings. The molecule has 0 aromatic carbocycles. The number of nitrogens with zero attached hydrogens (tertiary/aromatic N) is 4. The molecular weight excluding hydrogens is 268 g/mol. The predicted molar refractivity (Wildman–Crippen MR) is 84.5 cm³/mol. The van der Waals surface area contributed by atoms with Crippen molar-refractivity contribution in [1.29, 1.82) is 0 Å². The molecule has 7 heteroatoms. The molecule has 1 aliphatic heterocycles. The number of rotatable bonds is 8. The van der Waals surface area contributed by atoms with E-state index in [1.165, 1.54) is 12.8 Å². The van der Waals surface area contributed by atoms with Gasteiger partial charge in [0.2, 0.25) is 17.8 Å². The second-order valence-corrected chi connectivity index (χ2v) is 5.76. The number of anilines is 3. The maximum absolute atomic E-state index is 5.76. The highest BCUT2D eigenvalue weighted by atomic mass is 16.5. The Labute approximate surface area is 126 Å². The third kappa shape index (κ3) is 5.34. The van der Waals surface area contributed by atoms with Crippen molar-refractivity contribution in [3.8, 4) is 0 Å². The SMILES string of the molecule is CC(C)COCCCNc1nc(N)nc(N2CCCC2)n1. The number of hydrogen-bond acceptors (Lipinski definition) is 7. The molecule has 2 heterocycles. The predicted octanol–water partition coefficient (Wildman–Crippen LogP) is 1.53. The monoisotopic (exact) mass is 294 g/mol. The highest BCUT2D eigenvalue weighted by Crippen LogP contribution is 2.17.